The van der Waals surface area contributed by atoms with Gasteiger partial charge in [-0.25, -0.2) is 0 Å². The maximum atomic E-state index is 13.2. The molecule has 1 aromatic rings. The molecule has 39 heavy (non-hydrogen) atoms. The van der Waals surface area contributed by atoms with Crippen molar-refractivity contribution in [3.8, 4) is 0 Å². The molecule has 2 unspecified atom stereocenters. The summed E-state index contributed by atoms with van der Waals surface area (Å²) in [6.45, 7) is 3.68. The number of rotatable bonds is 13. The van der Waals surface area contributed by atoms with Crippen LogP contribution >= 0.6 is 67.8 Å². The zero-order valence-corrected chi connectivity index (χ0v) is 27.6. The fourth-order valence-corrected chi connectivity index (χ4v) is 7.30. The number of carbonyl (C=O) groups is 6. The Bertz CT molecular complexity index is 1050. The number of nitrogens with one attached hydrogen (secondary N) is 3. The average Bonchev–Trinajstić information content (AvgIpc) is 2.82. The third-order valence-electron chi connectivity index (χ3n) is 4.47. The zero-order chi connectivity index (χ0) is 29.9. The Morgan fingerprint density at radius 1 is 0.667 bits per heavy atom. The van der Waals surface area contributed by atoms with Crippen LogP contribution in [0.1, 0.15) is 48.4 Å². The predicted molar refractivity (Wildman–Crippen MR) is 159 cm³/mol. The average molecular weight is 889 g/mol. The summed E-state index contributed by atoms with van der Waals surface area (Å²) < 4.78 is 20.7. The Kier molecular flexibility index (Phi) is 15.2. The van der Waals surface area contributed by atoms with Crippen LogP contribution in [0.2, 0.25) is 0 Å². The highest BCUT2D eigenvalue weighted by Gasteiger charge is 2.29. The van der Waals surface area contributed by atoms with E-state index in [4.69, 9.17) is 18.9 Å². The molecule has 1 aromatic carbocycles. The zero-order valence-electron chi connectivity index (χ0n) is 21.1. The first-order valence-corrected chi connectivity index (χ1v) is 14.2. The van der Waals surface area contributed by atoms with Gasteiger partial charge in [-0.3, -0.25) is 39.5 Å². The largest absolute Gasteiger partial charge is 0.462 e. The predicted octanol–water partition coefficient (Wildman–Crippen LogP) is 1.75. The van der Waals surface area contributed by atoms with Gasteiger partial charge in [0, 0.05) is 31.3 Å². The molecule has 1 rings (SSSR count). The Balaban J connectivity index is 3.25. The molecule has 0 aliphatic rings. The van der Waals surface area contributed by atoms with Gasteiger partial charge in [0.2, 0.25) is 0 Å². The topological polar surface area (TPSA) is 196 Å². The van der Waals surface area contributed by atoms with Crippen LogP contribution in [0.15, 0.2) is 0 Å². The second-order valence-corrected chi connectivity index (χ2v) is 10.9. The third-order valence-corrected chi connectivity index (χ3v) is 7.71. The van der Waals surface area contributed by atoms with Crippen molar-refractivity contribution in [1.82, 2.24) is 10.6 Å². The highest BCUT2D eigenvalue weighted by atomic mass is 127. The van der Waals surface area contributed by atoms with E-state index in [0.717, 1.165) is 13.8 Å². The van der Waals surface area contributed by atoms with Gasteiger partial charge in [0.05, 0.1) is 37.0 Å². The summed E-state index contributed by atoms with van der Waals surface area (Å²) in [5, 5.41) is 14.9. The van der Waals surface area contributed by atoms with E-state index in [-0.39, 0.29) is 53.8 Å². The van der Waals surface area contributed by atoms with Crippen LogP contribution in [0.5, 0.6) is 0 Å². The van der Waals surface area contributed by atoms with Crippen LogP contribution in [-0.4, -0.2) is 79.4 Å². The van der Waals surface area contributed by atoms with Crippen molar-refractivity contribution in [3.63, 3.8) is 0 Å². The number of esters is 4. The highest BCUT2D eigenvalue weighted by molar-refractivity contribution is 14.1. The van der Waals surface area contributed by atoms with Crippen LogP contribution in [0.4, 0.5) is 5.69 Å². The first kappa shape index (κ1) is 35.0. The summed E-state index contributed by atoms with van der Waals surface area (Å²) in [5.74, 6) is -3.83. The van der Waals surface area contributed by atoms with Crippen LogP contribution in [0.25, 0.3) is 0 Å². The first-order valence-electron chi connectivity index (χ1n) is 11.0. The Morgan fingerprint density at radius 2 is 1.03 bits per heavy atom. The van der Waals surface area contributed by atoms with Crippen molar-refractivity contribution < 1.29 is 52.9 Å². The van der Waals surface area contributed by atoms with E-state index >= 15 is 0 Å². The van der Waals surface area contributed by atoms with Gasteiger partial charge in [-0.05, 0) is 67.8 Å². The molecule has 2 amide bonds. The SMILES string of the molecule is CC(=O)OCC(CNC(=O)c1c(I)c(NO)c(I)c(C(=O)NCC(COC(C)=O)OC(C)=O)c1I)OC(C)=O. The molecule has 216 valence electrons. The van der Waals surface area contributed by atoms with Gasteiger partial charge in [-0.15, -0.1) is 0 Å². The minimum atomic E-state index is -0.969. The number of hydrogen-bond acceptors (Lipinski definition) is 12. The molecule has 0 radical (unpaired) electrons. The Labute approximate surface area is 264 Å². The second kappa shape index (κ2) is 16.9. The van der Waals surface area contributed by atoms with Gasteiger partial charge in [0.25, 0.3) is 11.8 Å². The molecular weight excluding hydrogens is 863 g/mol. The lowest BCUT2D eigenvalue weighted by atomic mass is 10.1. The van der Waals surface area contributed by atoms with Crippen molar-refractivity contribution in [1.29, 1.82) is 0 Å². The summed E-state index contributed by atoms with van der Waals surface area (Å²) >= 11 is 5.46. The molecule has 14 nitrogen and oxygen atoms in total. The van der Waals surface area contributed by atoms with Crippen molar-refractivity contribution in [2.24, 2.45) is 0 Å². The quantitative estimate of drug-likeness (QED) is 0.0972. The van der Waals surface area contributed by atoms with Crippen molar-refractivity contribution in [3.05, 3.63) is 21.8 Å². The minimum absolute atomic E-state index is 0.0313. The van der Waals surface area contributed by atoms with Gasteiger partial charge in [0.15, 0.2) is 12.2 Å². The normalized spacial score (nSPS) is 11.9. The standard InChI is InChI=1S/C22H26I3N3O11/c1-9(29)36-7-13(38-11(3)31)5-26-21(33)15-17(23)16(19(25)20(28-35)18(15)24)22(34)27-6-14(39-12(4)32)8-37-10(2)30/h13-14,28,35H,5-8H2,1-4H3,(H,26,33)(H,27,34). The van der Waals surface area contributed by atoms with E-state index in [9.17, 15) is 34.0 Å². The van der Waals surface area contributed by atoms with Crippen LogP contribution in [0.3, 0.4) is 0 Å². The van der Waals surface area contributed by atoms with Crippen molar-refractivity contribution >= 4 is 109 Å². The number of carbonyl (C=O) groups excluding carboxylic acids is 6. The lowest BCUT2D eigenvalue weighted by Crippen LogP contribution is -2.39. The van der Waals surface area contributed by atoms with Crippen LogP contribution in [-0.2, 0) is 38.1 Å². The molecule has 0 heterocycles. The number of ether oxygens (including phenoxy) is 4. The number of halogens is 3. The number of hydrogen-bond donors (Lipinski definition) is 4. The van der Waals surface area contributed by atoms with Gasteiger partial charge in [-0.2, -0.15) is 0 Å². The molecule has 0 aliphatic heterocycles. The maximum Gasteiger partial charge on any atom is 0.303 e. The molecule has 0 saturated carbocycles. The molecular formula is C22H26I3N3O11. The molecule has 0 aliphatic carbocycles. The van der Waals surface area contributed by atoms with E-state index in [1.807, 2.05) is 73.3 Å². The van der Waals surface area contributed by atoms with E-state index in [2.05, 4.69) is 10.6 Å². The fourth-order valence-electron chi connectivity index (χ4n) is 2.91. The van der Waals surface area contributed by atoms with Gasteiger partial charge < -0.3 is 29.6 Å². The molecule has 0 spiro atoms. The molecule has 17 heteroatoms. The van der Waals surface area contributed by atoms with E-state index in [1.165, 1.54) is 13.8 Å². The lowest BCUT2D eigenvalue weighted by Gasteiger charge is -2.21. The molecule has 0 aromatic heterocycles. The van der Waals surface area contributed by atoms with E-state index < -0.39 is 47.9 Å². The second-order valence-electron chi connectivity index (χ2n) is 7.67. The van der Waals surface area contributed by atoms with Crippen LogP contribution in [0, 0.1) is 10.7 Å². The maximum absolute atomic E-state index is 13.2. The van der Waals surface area contributed by atoms with Gasteiger partial charge >= 0.3 is 23.9 Å². The first-order chi connectivity index (χ1) is 18.2. The summed E-state index contributed by atoms with van der Waals surface area (Å²) in [4.78, 5) is 71.4. The van der Waals surface area contributed by atoms with E-state index in [0.29, 0.717) is 0 Å². The molecule has 4 N–H and O–H groups in total. The number of anilines is 1. The molecule has 0 bridgehead atoms. The summed E-state index contributed by atoms with van der Waals surface area (Å²) in [5.41, 5.74) is 2.14. The monoisotopic (exact) mass is 889 g/mol. The summed E-state index contributed by atoms with van der Waals surface area (Å²) in [6.07, 6.45) is -1.94. The van der Waals surface area contributed by atoms with Gasteiger partial charge in [0.1, 0.15) is 13.2 Å². The third kappa shape index (κ3) is 11.6. The van der Waals surface area contributed by atoms with Crippen molar-refractivity contribution in [2.45, 2.75) is 39.9 Å². The minimum Gasteiger partial charge on any atom is -0.462 e. The van der Waals surface area contributed by atoms with E-state index in [1.54, 1.807) is 0 Å². The van der Waals surface area contributed by atoms with Crippen LogP contribution < -0.4 is 16.1 Å². The molecule has 0 fully saturated rings. The van der Waals surface area contributed by atoms with Crippen molar-refractivity contribution in [2.75, 3.05) is 31.8 Å². The Hall–Kier alpha value is -2.01. The fraction of sp³-hybridized carbons (Fsp3) is 0.455. The van der Waals surface area contributed by atoms with Gasteiger partial charge in [-0.1, -0.05) is 0 Å². The summed E-state index contributed by atoms with van der Waals surface area (Å²) in [7, 11) is 0. The number of benzene rings is 1. The molecule has 0 saturated heterocycles. The lowest BCUT2D eigenvalue weighted by molar-refractivity contribution is -0.155. The smallest absolute Gasteiger partial charge is 0.303 e. The highest BCUT2D eigenvalue weighted by Crippen LogP contribution is 2.35. The summed E-state index contributed by atoms with van der Waals surface area (Å²) in [6, 6.07) is 0. The molecule has 2 atom stereocenters. The number of amides is 2. The Morgan fingerprint density at radius 3 is 1.31 bits per heavy atom.